The van der Waals surface area contributed by atoms with Crippen LogP contribution in [0, 0.1) is 0 Å². The molecule has 0 unspecified atom stereocenters. The number of anilines is 1. The summed E-state index contributed by atoms with van der Waals surface area (Å²) in [5.74, 6) is -0.876. The fraction of sp³-hybridized carbons (Fsp3) is 0.375. The highest BCUT2D eigenvalue weighted by Crippen LogP contribution is 2.44. The lowest BCUT2D eigenvalue weighted by Gasteiger charge is -2.38. The number of rotatable bonds is 3. The molecule has 2 aliphatic heterocycles. The molecule has 4 nitrogen and oxygen atoms in total. The number of benzene rings is 3. The normalized spacial score (nSPS) is 17.7. The Kier molecular flexibility index (Phi) is 5.33. The van der Waals surface area contributed by atoms with Crippen molar-refractivity contribution in [3.8, 4) is 0 Å². The Balaban J connectivity index is 1.79. The van der Waals surface area contributed by atoms with E-state index in [1.807, 2.05) is 18.2 Å². The van der Waals surface area contributed by atoms with Crippen molar-refractivity contribution in [1.29, 1.82) is 0 Å². The van der Waals surface area contributed by atoms with Crippen molar-refractivity contribution in [3.05, 3.63) is 98.1 Å². The second kappa shape index (κ2) is 8.33. The highest BCUT2D eigenvalue weighted by Gasteiger charge is 2.37. The highest BCUT2D eigenvalue weighted by atomic mass is 16.4. The van der Waals surface area contributed by atoms with Crippen LogP contribution in [0.2, 0.25) is 0 Å². The highest BCUT2D eigenvalue weighted by molar-refractivity contribution is 5.98. The first-order chi connectivity index (χ1) is 17.3. The third-order valence-electron chi connectivity index (χ3n) is 8.70. The lowest BCUT2D eigenvalue weighted by Crippen LogP contribution is -2.42. The average Bonchev–Trinajstić information content (AvgIpc) is 2.87. The van der Waals surface area contributed by atoms with Crippen LogP contribution in [-0.4, -0.2) is 37.8 Å². The molecule has 1 N–H and O–H groups in total. The van der Waals surface area contributed by atoms with Gasteiger partial charge in [0.15, 0.2) is 0 Å². The van der Waals surface area contributed by atoms with Crippen molar-refractivity contribution in [2.45, 2.75) is 51.9 Å². The quantitative estimate of drug-likeness (QED) is 0.575. The van der Waals surface area contributed by atoms with Crippen molar-refractivity contribution in [3.63, 3.8) is 0 Å². The third-order valence-corrected chi connectivity index (χ3v) is 8.70. The second-order valence-corrected chi connectivity index (χ2v) is 11.1. The number of hydrogen-bond donors (Lipinski definition) is 1. The van der Waals surface area contributed by atoms with Crippen molar-refractivity contribution in [2.24, 2.45) is 0 Å². The fourth-order valence-corrected chi connectivity index (χ4v) is 6.77. The Morgan fingerprint density at radius 3 is 2.56 bits per heavy atom. The van der Waals surface area contributed by atoms with E-state index in [1.54, 1.807) is 6.07 Å². The molecule has 0 spiro atoms. The molecule has 3 aromatic rings. The summed E-state index contributed by atoms with van der Waals surface area (Å²) in [6.45, 7) is 10.1. The number of carboxylic acid groups (broad SMARTS) is 1. The van der Waals surface area contributed by atoms with Gasteiger partial charge in [0.2, 0.25) is 5.36 Å². The smallest absolute Gasteiger partial charge is 0.336 e. The Labute approximate surface area is 213 Å². The molecule has 2 heterocycles. The average molecular weight is 480 g/mol. The van der Waals surface area contributed by atoms with Crippen molar-refractivity contribution < 1.29 is 9.90 Å². The van der Waals surface area contributed by atoms with E-state index in [1.165, 1.54) is 44.1 Å². The van der Waals surface area contributed by atoms with Gasteiger partial charge in [0.05, 0.1) is 5.56 Å². The Hall–Kier alpha value is -3.40. The van der Waals surface area contributed by atoms with Gasteiger partial charge < -0.3 is 10.0 Å². The lowest BCUT2D eigenvalue weighted by molar-refractivity contribution is 0.0696. The van der Waals surface area contributed by atoms with Gasteiger partial charge in [0.25, 0.3) is 0 Å². The SMILES string of the molecule is CCN1CCCc2cc3c(cc21)C(C)(C)c1cc2c(cc1=C3c1ccccc1C(=O)O)CCC[N+]=2C. The molecule has 1 aliphatic carbocycles. The zero-order chi connectivity index (χ0) is 25.2. The minimum absolute atomic E-state index is 0.203. The van der Waals surface area contributed by atoms with Gasteiger partial charge in [0, 0.05) is 42.2 Å². The first-order valence-electron chi connectivity index (χ1n) is 13.3. The molecular weight excluding hydrogens is 444 g/mol. The lowest BCUT2D eigenvalue weighted by atomic mass is 9.67. The summed E-state index contributed by atoms with van der Waals surface area (Å²) in [5.41, 5.74) is 9.92. The summed E-state index contributed by atoms with van der Waals surface area (Å²) in [6, 6.07) is 17.1. The van der Waals surface area contributed by atoms with Crippen LogP contribution >= 0.6 is 0 Å². The molecule has 0 saturated carbocycles. The van der Waals surface area contributed by atoms with Gasteiger partial charge in [-0.25, -0.2) is 9.37 Å². The summed E-state index contributed by atoms with van der Waals surface area (Å²) >= 11 is 0. The Morgan fingerprint density at radius 1 is 1.00 bits per heavy atom. The number of fused-ring (bicyclic) bond motifs is 4. The zero-order valence-electron chi connectivity index (χ0n) is 21.8. The summed E-state index contributed by atoms with van der Waals surface area (Å²) in [6.07, 6.45) is 4.42. The first-order valence-corrected chi connectivity index (χ1v) is 13.3. The molecule has 0 fully saturated rings. The van der Waals surface area contributed by atoms with Crippen LogP contribution in [-0.2, 0) is 18.3 Å². The molecule has 0 bridgehead atoms. The number of aryl methyl sites for hydroxylation is 2. The molecule has 3 aromatic carbocycles. The topological polar surface area (TPSA) is 43.6 Å². The van der Waals surface area contributed by atoms with Gasteiger partial charge in [-0.15, -0.1) is 0 Å². The van der Waals surface area contributed by atoms with E-state index in [0.29, 0.717) is 5.56 Å². The number of aromatic carboxylic acids is 1. The maximum atomic E-state index is 12.4. The molecule has 0 atom stereocenters. The Bertz CT molecular complexity index is 1550. The molecule has 0 amide bonds. The van der Waals surface area contributed by atoms with Crippen LogP contribution in [0.25, 0.3) is 5.57 Å². The third kappa shape index (κ3) is 3.34. The molecule has 0 radical (unpaired) electrons. The van der Waals surface area contributed by atoms with Crippen LogP contribution in [0.5, 0.6) is 0 Å². The van der Waals surface area contributed by atoms with Crippen molar-refractivity contribution in [2.75, 3.05) is 31.6 Å². The van der Waals surface area contributed by atoms with E-state index >= 15 is 0 Å². The molecular formula is C32H35N2O2+. The zero-order valence-corrected chi connectivity index (χ0v) is 21.8. The van der Waals surface area contributed by atoms with E-state index in [4.69, 9.17) is 0 Å². The van der Waals surface area contributed by atoms with Crippen LogP contribution in [0.15, 0.2) is 48.5 Å². The molecule has 0 saturated heterocycles. The van der Waals surface area contributed by atoms with E-state index in [0.717, 1.165) is 56.5 Å². The van der Waals surface area contributed by atoms with E-state index in [2.05, 4.69) is 61.6 Å². The van der Waals surface area contributed by atoms with Crippen LogP contribution in [0.3, 0.4) is 0 Å². The van der Waals surface area contributed by atoms with E-state index in [-0.39, 0.29) is 5.41 Å². The van der Waals surface area contributed by atoms with Crippen LogP contribution in [0.1, 0.15) is 77.4 Å². The summed E-state index contributed by atoms with van der Waals surface area (Å²) in [5, 5.41) is 12.7. The summed E-state index contributed by atoms with van der Waals surface area (Å²) in [4.78, 5) is 14.9. The van der Waals surface area contributed by atoms with Gasteiger partial charge in [-0.1, -0.05) is 32.0 Å². The van der Waals surface area contributed by atoms with Gasteiger partial charge in [-0.05, 0) is 89.1 Å². The number of carbonyl (C=O) groups is 1. The standard InChI is InChI=1S/C32H34N2O2/c1-5-34-15-9-11-21-17-25-27(19-29(21)34)32(2,3)26-18-28-20(10-8-14-33(28)4)16-24(26)30(25)22-12-6-7-13-23(22)31(35)36/h6-7,12-13,16-19H,5,8-11,14-15H2,1-4H3/p+1. The second-order valence-electron chi connectivity index (χ2n) is 11.1. The van der Waals surface area contributed by atoms with Crippen molar-refractivity contribution in [1.82, 2.24) is 4.58 Å². The predicted octanol–water partition coefficient (Wildman–Crippen LogP) is 4.11. The minimum Gasteiger partial charge on any atom is -0.478 e. The Morgan fingerprint density at radius 2 is 1.78 bits per heavy atom. The van der Waals surface area contributed by atoms with Gasteiger partial charge in [0.1, 0.15) is 13.6 Å². The van der Waals surface area contributed by atoms with Gasteiger partial charge in [-0.2, -0.15) is 0 Å². The molecule has 3 aliphatic rings. The first kappa shape index (κ1) is 23.0. The monoisotopic (exact) mass is 479 g/mol. The van der Waals surface area contributed by atoms with Gasteiger partial charge in [-0.3, -0.25) is 0 Å². The van der Waals surface area contributed by atoms with Crippen molar-refractivity contribution >= 4 is 17.2 Å². The predicted molar refractivity (Wildman–Crippen MR) is 146 cm³/mol. The van der Waals surface area contributed by atoms with Crippen LogP contribution < -0.4 is 20.1 Å². The van der Waals surface area contributed by atoms with Gasteiger partial charge >= 0.3 is 5.97 Å². The summed E-state index contributed by atoms with van der Waals surface area (Å²) in [7, 11) is 2.19. The maximum Gasteiger partial charge on any atom is 0.336 e. The van der Waals surface area contributed by atoms with Crippen LogP contribution in [0.4, 0.5) is 5.69 Å². The summed E-state index contributed by atoms with van der Waals surface area (Å²) < 4.78 is 2.38. The number of nitrogens with zero attached hydrogens (tertiary/aromatic N) is 2. The molecule has 184 valence electrons. The number of hydrogen-bond acceptors (Lipinski definition) is 2. The van der Waals surface area contributed by atoms with E-state index < -0.39 is 5.97 Å². The van der Waals surface area contributed by atoms with E-state index in [9.17, 15) is 9.90 Å². The molecule has 6 rings (SSSR count). The molecule has 36 heavy (non-hydrogen) atoms. The molecule has 0 aromatic heterocycles. The largest absolute Gasteiger partial charge is 0.478 e. The fourth-order valence-electron chi connectivity index (χ4n) is 6.77. The minimum atomic E-state index is -0.876. The maximum absolute atomic E-state index is 12.4. The number of carboxylic acids is 1. The molecule has 4 heteroatoms.